The molecule has 0 fully saturated rings. The van der Waals surface area contributed by atoms with Crippen LogP contribution in [-0.4, -0.2) is 27.9 Å². The standard InChI is InChI=1S/C23H24N4O3/c1-14(2)30-22(29)17-8-10-19(11-9-17)26-21(28)18-6-5-7-20(13-18)27-23-24-15(3)12-16(4)25-23/h5-14H,1-4H3,(H,26,28)(H,24,25,27). The van der Waals surface area contributed by atoms with Crippen molar-refractivity contribution in [2.24, 2.45) is 0 Å². The Hall–Kier alpha value is -3.74. The Morgan fingerprint density at radius 1 is 0.867 bits per heavy atom. The van der Waals surface area contributed by atoms with Gasteiger partial charge in [0.25, 0.3) is 5.91 Å². The minimum atomic E-state index is -0.393. The zero-order chi connectivity index (χ0) is 21.7. The molecule has 2 aromatic carbocycles. The lowest BCUT2D eigenvalue weighted by molar-refractivity contribution is 0.0378. The summed E-state index contributed by atoms with van der Waals surface area (Å²) in [6.45, 7) is 7.39. The number of anilines is 3. The fourth-order valence-electron chi connectivity index (χ4n) is 2.82. The van der Waals surface area contributed by atoms with E-state index in [1.807, 2.05) is 26.0 Å². The number of aryl methyl sites for hydroxylation is 2. The molecular weight excluding hydrogens is 380 g/mol. The maximum absolute atomic E-state index is 12.6. The van der Waals surface area contributed by atoms with Gasteiger partial charge in [0.15, 0.2) is 0 Å². The largest absolute Gasteiger partial charge is 0.459 e. The van der Waals surface area contributed by atoms with Crippen molar-refractivity contribution in [1.82, 2.24) is 9.97 Å². The Bertz CT molecular complexity index is 1040. The van der Waals surface area contributed by atoms with Crippen molar-refractivity contribution in [3.8, 4) is 0 Å². The fourth-order valence-corrected chi connectivity index (χ4v) is 2.82. The molecule has 0 radical (unpaired) electrons. The lowest BCUT2D eigenvalue weighted by Gasteiger charge is -2.10. The number of rotatable bonds is 6. The molecule has 0 saturated carbocycles. The van der Waals surface area contributed by atoms with Gasteiger partial charge in [-0.25, -0.2) is 14.8 Å². The molecule has 154 valence electrons. The van der Waals surface area contributed by atoms with E-state index in [1.165, 1.54) is 0 Å². The molecule has 0 spiro atoms. The summed E-state index contributed by atoms with van der Waals surface area (Å²) in [5.74, 6) is -0.179. The van der Waals surface area contributed by atoms with Crippen LogP contribution in [0.3, 0.4) is 0 Å². The van der Waals surface area contributed by atoms with Gasteiger partial charge < -0.3 is 15.4 Å². The van der Waals surface area contributed by atoms with E-state index in [-0.39, 0.29) is 12.0 Å². The normalized spacial score (nSPS) is 10.6. The van der Waals surface area contributed by atoms with Gasteiger partial charge in [0.1, 0.15) is 0 Å². The molecule has 1 aromatic heterocycles. The van der Waals surface area contributed by atoms with Crippen LogP contribution >= 0.6 is 0 Å². The first kappa shape index (κ1) is 21.0. The van der Waals surface area contributed by atoms with Gasteiger partial charge in [0, 0.05) is 28.3 Å². The summed E-state index contributed by atoms with van der Waals surface area (Å²) in [5.41, 5.74) is 3.92. The molecule has 0 atom stereocenters. The number of amides is 1. The lowest BCUT2D eigenvalue weighted by atomic mass is 10.1. The van der Waals surface area contributed by atoms with Crippen LogP contribution in [-0.2, 0) is 4.74 Å². The van der Waals surface area contributed by atoms with Gasteiger partial charge in [-0.1, -0.05) is 6.07 Å². The first-order valence-electron chi connectivity index (χ1n) is 9.62. The molecule has 0 bridgehead atoms. The maximum atomic E-state index is 12.6. The van der Waals surface area contributed by atoms with E-state index in [1.54, 1.807) is 56.3 Å². The molecule has 0 aliphatic heterocycles. The van der Waals surface area contributed by atoms with E-state index >= 15 is 0 Å². The maximum Gasteiger partial charge on any atom is 0.338 e. The highest BCUT2D eigenvalue weighted by atomic mass is 16.5. The van der Waals surface area contributed by atoms with Crippen LogP contribution in [0.2, 0.25) is 0 Å². The van der Waals surface area contributed by atoms with Crippen molar-refractivity contribution in [1.29, 1.82) is 0 Å². The van der Waals surface area contributed by atoms with E-state index < -0.39 is 5.97 Å². The van der Waals surface area contributed by atoms with Crippen molar-refractivity contribution >= 4 is 29.2 Å². The molecule has 1 amide bonds. The minimum Gasteiger partial charge on any atom is -0.459 e. The Balaban J connectivity index is 1.68. The molecule has 1 heterocycles. The number of nitrogens with zero attached hydrogens (tertiary/aromatic N) is 2. The molecule has 0 unspecified atom stereocenters. The average Bonchev–Trinajstić information content (AvgIpc) is 2.67. The second kappa shape index (κ2) is 9.17. The van der Waals surface area contributed by atoms with Gasteiger partial charge in [-0.3, -0.25) is 4.79 Å². The first-order chi connectivity index (χ1) is 14.3. The topological polar surface area (TPSA) is 93.2 Å². The van der Waals surface area contributed by atoms with E-state index in [4.69, 9.17) is 4.74 Å². The van der Waals surface area contributed by atoms with Gasteiger partial charge in [0.05, 0.1) is 11.7 Å². The number of ether oxygens (including phenoxy) is 1. The predicted molar refractivity (Wildman–Crippen MR) is 116 cm³/mol. The highest BCUT2D eigenvalue weighted by Crippen LogP contribution is 2.18. The zero-order valence-corrected chi connectivity index (χ0v) is 17.4. The van der Waals surface area contributed by atoms with Gasteiger partial charge in [-0.15, -0.1) is 0 Å². The van der Waals surface area contributed by atoms with Gasteiger partial charge >= 0.3 is 5.97 Å². The smallest absolute Gasteiger partial charge is 0.338 e. The molecule has 7 heteroatoms. The second-order valence-corrected chi connectivity index (χ2v) is 7.17. The van der Waals surface area contributed by atoms with Crippen molar-refractivity contribution in [3.05, 3.63) is 77.1 Å². The molecule has 0 aliphatic rings. The second-order valence-electron chi connectivity index (χ2n) is 7.17. The van der Waals surface area contributed by atoms with Crippen molar-refractivity contribution in [2.75, 3.05) is 10.6 Å². The molecule has 3 aromatic rings. The van der Waals surface area contributed by atoms with E-state index in [9.17, 15) is 9.59 Å². The van der Waals surface area contributed by atoms with E-state index in [0.29, 0.717) is 28.5 Å². The number of hydrogen-bond donors (Lipinski definition) is 2. The number of hydrogen-bond acceptors (Lipinski definition) is 6. The van der Waals surface area contributed by atoms with Crippen molar-refractivity contribution < 1.29 is 14.3 Å². The zero-order valence-electron chi connectivity index (χ0n) is 17.4. The highest BCUT2D eigenvalue weighted by molar-refractivity contribution is 6.05. The predicted octanol–water partition coefficient (Wildman–Crippen LogP) is 4.65. The summed E-state index contributed by atoms with van der Waals surface area (Å²) in [6.07, 6.45) is -0.188. The van der Waals surface area contributed by atoms with Gasteiger partial charge in [-0.2, -0.15) is 0 Å². The third-order valence-electron chi connectivity index (χ3n) is 4.08. The fraction of sp³-hybridized carbons (Fsp3) is 0.217. The number of carbonyl (C=O) groups is 2. The third kappa shape index (κ3) is 5.64. The molecule has 0 aliphatic carbocycles. The molecular formula is C23H24N4O3. The molecule has 2 N–H and O–H groups in total. The minimum absolute atomic E-state index is 0.188. The van der Waals surface area contributed by atoms with Crippen LogP contribution < -0.4 is 10.6 Å². The summed E-state index contributed by atoms with van der Waals surface area (Å²) in [6, 6.07) is 15.5. The number of benzene rings is 2. The Morgan fingerprint density at radius 2 is 1.53 bits per heavy atom. The quantitative estimate of drug-likeness (QED) is 0.581. The van der Waals surface area contributed by atoms with Crippen LogP contribution in [0.5, 0.6) is 0 Å². The van der Waals surface area contributed by atoms with Crippen LogP contribution in [0.25, 0.3) is 0 Å². The summed E-state index contributed by atoms with van der Waals surface area (Å²) in [4.78, 5) is 33.2. The van der Waals surface area contributed by atoms with Crippen molar-refractivity contribution in [2.45, 2.75) is 33.8 Å². The highest BCUT2D eigenvalue weighted by Gasteiger charge is 2.11. The van der Waals surface area contributed by atoms with Crippen LogP contribution in [0.1, 0.15) is 46.0 Å². The monoisotopic (exact) mass is 404 g/mol. The van der Waals surface area contributed by atoms with Gasteiger partial charge in [-0.05, 0) is 76.2 Å². The number of nitrogens with one attached hydrogen (secondary N) is 2. The Kier molecular flexibility index (Phi) is 6.41. The third-order valence-corrected chi connectivity index (χ3v) is 4.08. The van der Waals surface area contributed by atoms with Gasteiger partial charge in [0.2, 0.25) is 5.95 Å². The Labute approximate surface area is 175 Å². The molecule has 7 nitrogen and oxygen atoms in total. The summed E-state index contributed by atoms with van der Waals surface area (Å²) in [5, 5.41) is 5.95. The van der Waals surface area contributed by atoms with E-state index in [0.717, 1.165) is 11.4 Å². The van der Waals surface area contributed by atoms with Crippen molar-refractivity contribution in [3.63, 3.8) is 0 Å². The molecule has 30 heavy (non-hydrogen) atoms. The number of carbonyl (C=O) groups excluding carboxylic acids is 2. The molecule has 0 saturated heterocycles. The first-order valence-corrected chi connectivity index (χ1v) is 9.62. The average molecular weight is 404 g/mol. The number of aromatic nitrogens is 2. The van der Waals surface area contributed by atoms with Crippen LogP contribution in [0.15, 0.2) is 54.6 Å². The summed E-state index contributed by atoms with van der Waals surface area (Å²) >= 11 is 0. The van der Waals surface area contributed by atoms with E-state index in [2.05, 4.69) is 20.6 Å². The number of esters is 1. The van der Waals surface area contributed by atoms with Crippen LogP contribution in [0, 0.1) is 13.8 Å². The summed E-state index contributed by atoms with van der Waals surface area (Å²) in [7, 11) is 0. The SMILES string of the molecule is Cc1cc(C)nc(Nc2cccc(C(=O)Nc3ccc(C(=O)OC(C)C)cc3)c2)n1. The Morgan fingerprint density at radius 3 is 2.17 bits per heavy atom. The molecule has 3 rings (SSSR count). The van der Waals surface area contributed by atoms with Crippen LogP contribution in [0.4, 0.5) is 17.3 Å². The summed E-state index contributed by atoms with van der Waals surface area (Å²) < 4.78 is 5.16. The lowest BCUT2D eigenvalue weighted by Crippen LogP contribution is -2.13.